The molecule has 1 saturated heterocycles. The lowest BCUT2D eigenvalue weighted by Crippen LogP contribution is -2.52. The predicted molar refractivity (Wildman–Crippen MR) is 88.3 cm³/mol. The van der Waals surface area contributed by atoms with E-state index in [9.17, 15) is 14.7 Å². The highest BCUT2D eigenvalue weighted by atomic mass is 16.5. The minimum Gasteiger partial charge on any atom is -0.479 e. The van der Waals surface area contributed by atoms with Crippen LogP contribution in [-0.4, -0.2) is 49.9 Å². The van der Waals surface area contributed by atoms with Gasteiger partial charge in [-0.15, -0.1) is 0 Å². The fourth-order valence-corrected chi connectivity index (χ4v) is 3.36. The highest BCUT2D eigenvalue weighted by molar-refractivity contribution is 5.96. The number of piperidine rings is 1. The Bertz CT molecular complexity index is 799. The van der Waals surface area contributed by atoms with Crippen molar-refractivity contribution < 1.29 is 19.2 Å². The van der Waals surface area contributed by atoms with Crippen LogP contribution in [-0.2, 0) is 16.8 Å². The van der Waals surface area contributed by atoms with Crippen LogP contribution in [0.1, 0.15) is 47.1 Å². The summed E-state index contributed by atoms with van der Waals surface area (Å²) in [7, 11) is 0. The second-order valence-electron chi connectivity index (χ2n) is 6.51. The third kappa shape index (κ3) is 2.81. The molecule has 0 atom stereocenters. The van der Waals surface area contributed by atoms with Gasteiger partial charge in [-0.3, -0.25) is 9.48 Å². The van der Waals surface area contributed by atoms with E-state index in [2.05, 4.69) is 10.3 Å². The van der Waals surface area contributed by atoms with Gasteiger partial charge in [0.15, 0.2) is 5.54 Å². The zero-order chi connectivity index (χ0) is 18.2. The molecule has 1 N–H and O–H groups in total. The van der Waals surface area contributed by atoms with Crippen molar-refractivity contribution in [3.63, 3.8) is 0 Å². The molecule has 134 valence electrons. The van der Waals surface area contributed by atoms with Gasteiger partial charge in [0.1, 0.15) is 11.3 Å². The van der Waals surface area contributed by atoms with Crippen LogP contribution in [0.25, 0.3) is 0 Å². The molecule has 2 aromatic rings. The number of nitrogens with zero attached hydrogens (tertiary/aromatic N) is 4. The average molecular weight is 346 g/mol. The van der Waals surface area contributed by atoms with Crippen LogP contribution in [0.5, 0.6) is 0 Å². The van der Waals surface area contributed by atoms with Gasteiger partial charge in [0.2, 0.25) is 0 Å². The Kier molecular flexibility index (Phi) is 4.36. The van der Waals surface area contributed by atoms with E-state index in [-0.39, 0.29) is 5.91 Å². The number of amides is 1. The number of carboxylic acid groups (broad SMARTS) is 1. The number of carboxylic acids is 1. The van der Waals surface area contributed by atoms with Gasteiger partial charge in [-0.05, 0) is 25.8 Å². The van der Waals surface area contributed by atoms with E-state index in [1.54, 1.807) is 24.2 Å². The molecular formula is C17H22N4O4. The van der Waals surface area contributed by atoms with E-state index in [4.69, 9.17) is 4.52 Å². The molecule has 25 heavy (non-hydrogen) atoms. The van der Waals surface area contributed by atoms with Crippen molar-refractivity contribution in [2.45, 2.75) is 45.6 Å². The Morgan fingerprint density at radius 2 is 2.00 bits per heavy atom. The van der Waals surface area contributed by atoms with Crippen LogP contribution in [0.3, 0.4) is 0 Å². The summed E-state index contributed by atoms with van der Waals surface area (Å²) in [6, 6.07) is 0. The Balaban J connectivity index is 1.81. The van der Waals surface area contributed by atoms with E-state index in [1.807, 2.05) is 13.8 Å². The number of likely N-dealkylation sites (tertiary alicyclic amines) is 1. The van der Waals surface area contributed by atoms with Crippen LogP contribution in [0.4, 0.5) is 0 Å². The third-order valence-corrected chi connectivity index (χ3v) is 4.91. The first-order valence-electron chi connectivity index (χ1n) is 8.38. The predicted octanol–water partition coefficient (Wildman–Crippen LogP) is 1.77. The lowest BCUT2D eigenvalue weighted by Gasteiger charge is -2.38. The van der Waals surface area contributed by atoms with Gasteiger partial charge in [0, 0.05) is 32.1 Å². The molecule has 1 aliphatic rings. The van der Waals surface area contributed by atoms with E-state index in [1.165, 1.54) is 4.68 Å². The SMILES string of the molecule is CCc1noc(C)c1C(=O)N1CCC(C(=O)O)(n2cc(C)cn2)CC1. The Morgan fingerprint density at radius 3 is 2.52 bits per heavy atom. The van der Waals surface area contributed by atoms with Crippen LogP contribution in [0, 0.1) is 13.8 Å². The molecule has 0 bridgehead atoms. The number of aromatic nitrogens is 3. The summed E-state index contributed by atoms with van der Waals surface area (Å²) in [4.78, 5) is 26.5. The summed E-state index contributed by atoms with van der Waals surface area (Å²) in [6.45, 7) is 6.20. The summed E-state index contributed by atoms with van der Waals surface area (Å²) in [5.74, 6) is -0.566. The number of rotatable bonds is 4. The van der Waals surface area contributed by atoms with Crippen molar-refractivity contribution in [1.82, 2.24) is 19.8 Å². The van der Waals surface area contributed by atoms with Gasteiger partial charge in [-0.25, -0.2) is 4.79 Å². The fourth-order valence-electron chi connectivity index (χ4n) is 3.36. The highest BCUT2D eigenvalue weighted by Crippen LogP contribution is 2.31. The average Bonchev–Trinajstić information content (AvgIpc) is 3.20. The van der Waals surface area contributed by atoms with Crippen molar-refractivity contribution in [3.8, 4) is 0 Å². The molecule has 8 heteroatoms. The van der Waals surface area contributed by atoms with Gasteiger partial charge in [0.25, 0.3) is 5.91 Å². The zero-order valence-electron chi connectivity index (χ0n) is 14.7. The van der Waals surface area contributed by atoms with Crippen molar-refractivity contribution in [1.29, 1.82) is 0 Å². The molecule has 1 fully saturated rings. The van der Waals surface area contributed by atoms with Crippen molar-refractivity contribution in [2.75, 3.05) is 13.1 Å². The largest absolute Gasteiger partial charge is 0.479 e. The quantitative estimate of drug-likeness (QED) is 0.905. The molecule has 2 aromatic heterocycles. The third-order valence-electron chi connectivity index (χ3n) is 4.91. The maximum Gasteiger partial charge on any atom is 0.331 e. The number of hydrogen-bond acceptors (Lipinski definition) is 5. The normalized spacial score (nSPS) is 16.8. The summed E-state index contributed by atoms with van der Waals surface area (Å²) >= 11 is 0. The Morgan fingerprint density at radius 1 is 1.32 bits per heavy atom. The topological polar surface area (TPSA) is 101 Å². The molecule has 0 saturated carbocycles. The van der Waals surface area contributed by atoms with Crippen LogP contribution < -0.4 is 0 Å². The second kappa shape index (κ2) is 6.34. The summed E-state index contributed by atoms with van der Waals surface area (Å²) in [5, 5.41) is 17.9. The molecule has 3 heterocycles. The molecule has 0 radical (unpaired) electrons. The van der Waals surface area contributed by atoms with Gasteiger partial charge < -0.3 is 14.5 Å². The molecule has 0 unspecified atom stereocenters. The van der Waals surface area contributed by atoms with Gasteiger partial charge >= 0.3 is 5.97 Å². The molecule has 1 aliphatic heterocycles. The minimum absolute atomic E-state index is 0.147. The van der Waals surface area contributed by atoms with Crippen LogP contribution >= 0.6 is 0 Å². The molecule has 0 spiro atoms. The Labute approximate surface area is 145 Å². The van der Waals surface area contributed by atoms with Gasteiger partial charge in [-0.1, -0.05) is 12.1 Å². The lowest BCUT2D eigenvalue weighted by atomic mass is 9.87. The summed E-state index contributed by atoms with van der Waals surface area (Å²) in [5.41, 5.74) is 0.940. The van der Waals surface area contributed by atoms with Crippen molar-refractivity contribution >= 4 is 11.9 Å². The number of hydrogen-bond donors (Lipinski definition) is 1. The van der Waals surface area contributed by atoms with E-state index in [0.29, 0.717) is 49.4 Å². The van der Waals surface area contributed by atoms with Crippen LogP contribution in [0.2, 0.25) is 0 Å². The highest BCUT2D eigenvalue weighted by Gasteiger charge is 2.45. The van der Waals surface area contributed by atoms with Gasteiger partial charge in [0.05, 0.1) is 11.9 Å². The van der Waals surface area contributed by atoms with E-state index in [0.717, 1.165) is 5.56 Å². The monoisotopic (exact) mass is 346 g/mol. The van der Waals surface area contributed by atoms with Crippen molar-refractivity contribution in [3.05, 3.63) is 35.0 Å². The molecule has 1 amide bonds. The number of aryl methyl sites for hydroxylation is 3. The molecule has 0 aromatic carbocycles. The maximum absolute atomic E-state index is 12.8. The van der Waals surface area contributed by atoms with Crippen LogP contribution in [0.15, 0.2) is 16.9 Å². The maximum atomic E-state index is 12.8. The first-order chi connectivity index (χ1) is 11.9. The molecule has 8 nitrogen and oxygen atoms in total. The fraction of sp³-hybridized carbons (Fsp3) is 0.529. The minimum atomic E-state index is -1.11. The van der Waals surface area contributed by atoms with E-state index < -0.39 is 11.5 Å². The Hall–Kier alpha value is -2.64. The summed E-state index contributed by atoms with van der Waals surface area (Å²) < 4.78 is 6.67. The first kappa shape index (κ1) is 17.2. The second-order valence-corrected chi connectivity index (χ2v) is 6.51. The number of aliphatic carboxylic acids is 1. The molecule has 0 aliphatic carbocycles. The zero-order valence-corrected chi connectivity index (χ0v) is 14.7. The lowest BCUT2D eigenvalue weighted by molar-refractivity contribution is -0.150. The standard InChI is InChI=1S/C17H22N4O4/c1-4-13-14(12(3)25-19-13)15(22)20-7-5-17(6-8-20,16(23)24)21-10-11(2)9-18-21/h9-10H,4-8H2,1-3H3,(H,23,24). The summed E-state index contributed by atoms with van der Waals surface area (Å²) in [6.07, 6.45) is 4.61. The van der Waals surface area contributed by atoms with E-state index >= 15 is 0 Å². The number of carbonyl (C=O) groups excluding carboxylic acids is 1. The smallest absolute Gasteiger partial charge is 0.331 e. The molecular weight excluding hydrogens is 324 g/mol. The first-order valence-corrected chi connectivity index (χ1v) is 8.38. The number of carbonyl (C=O) groups is 2. The molecule has 3 rings (SSSR count). The van der Waals surface area contributed by atoms with Crippen molar-refractivity contribution in [2.24, 2.45) is 0 Å². The van der Waals surface area contributed by atoms with Gasteiger partial charge in [-0.2, -0.15) is 5.10 Å².